The first-order valence-electron chi connectivity index (χ1n) is 3.11. The molecule has 0 aromatic carbocycles. The molecule has 60 valence electrons. The molecule has 0 heterocycles. The molecule has 0 saturated heterocycles. The summed E-state index contributed by atoms with van der Waals surface area (Å²) in [6, 6.07) is 0. The van der Waals surface area contributed by atoms with Crippen LogP contribution in [0.4, 0.5) is 0 Å². The van der Waals surface area contributed by atoms with Crippen molar-refractivity contribution in [1.29, 1.82) is 0 Å². The number of aliphatic hydroxyl groups excluding tert-OH is 1. The fraction of sp³-hybridized carbons (Fsp3) is 1.00. The summed E-state index contributed by atoms with van der Waals surface area (Å²) >= 11 is 0. The Morgan fingerprint density at radius 2 is 2.00 bits per heavy atom. The molecule has 0 radical (unpaired) electrons. The van der Waals surface area contributed by atoms with Gasteiger partial charge in [-0.15, -0.1) is 0 Å². The van der Waals surface area contributed by atoms with Crippen LogP contribution in [0.3, 0.4) is 0 Å². The van der Waals surface area contributed by atoms with E-state index in [1.165, 1.54) is 0 Å². The monoisotopic (exact) mass is 149 g/mol. The number of hydrogen-bond acceptors (Lipinski definition) is 4. The first-order chi connectivity index (χ1) is 4.63. The van der Waals surface area contributed by atoms with Gasteiger partial charge in [0.25, 0.3) is 0 Å². The summed E-state index contributed by atoms with van der Waals surface area (Å²) in [6.45, 7) is -0.0906. The molecule has 0 aliphatic carbocycles. The summed E-state index contributed by atoms with van der Waals surface area (Å²) in [5.41, 5.74) is 0. The van der Waals surface area contributed by atoms with E-state index < -0.39 is 11.2 Å². The summed E-state index contributed by atoms with van der Waals surface area (Å²) in [5, 5.41) is 26.3. The van der Waals surface area contributed by atoms with Gasteiger partial charge in [0.05, 0.1) is 0 Å². The van der Waals surface area contributed by atoms with Crippen LogP contribution in [0, 0.1) is 10.1 Å². The third-order valence-electron chi connectivity index (χ3n) is 1.05. The number of nitro groups is 1. The van der Waals surface area contributed by atoms with Crippen LogP contribution in [0.5, 0.6) is 0 Å². The Morgan fingerprint density at radius 3 is 2.40 bits per heavy atom. The molecule has 0 atom stereocenters. The van der Waals surface area contributed by atoms with Crippen LogP contribution in [0.25, 0.3) is 0 Å². The maximum Gasteiger partial charge on any atom is 0.203 e. The molecular formula is C5H11NO4. The van der Waals surface area contributed by atoms with E-state index in [9.17, 15) is 10.1 Å². The fourth-order valence-corrected chi connectivity index (χ4v) is 0.568. The minimum absolute atomic E-state index is 0.0906. The van der Waals surface area contributed by atoms with Crippen LogP contribution in [0.2, 0.25) is 0 Å². The van der Waals surface area contributed by atoms with Crippen molar-refractivity contribution in [2.45, 2.75) is 25.6 Å². The average Bonchev–Trinajstić information content (AvgIpc) is 1.79. The molecule has 10 heavy (non-hydrogen) atoms. The van der Waals surface area contributed by atoms with Crippen molar-refractivity contribution in [3.05, 3.63) is 10.1 Å². The molecule has 0 aromatic rings. The zero-order valence-electron chi connectivity index (χ0n) is 5.56. The summed E-state index contributed by atoms with van der Waals surface area (Å²) < 4.78 is 0. The van der Waals surface area contributed by atoms with Crippen LogP contribution in [0.15, 0.2) is 0 Å². The van der Waals surface area contributed by atoms with Crippen LogP contribution < -0.4 is 0 Å². The fourth-order valence-electron chi connectivity index (χ4n) is 0.568. The second kappa shape index (κ2) is 5.13. The van der Waals surface area contributed by atoms with Gasteiger partial charge >= 0.3 is 0 Å². The molecule has 0 aliphatic rings. The van der Waals surface area contributed by atoms with Crippen molar-refractivity contribution in [3.8, 4) is 0 Å². The second-order valence-electron chi connectivity index (χ2n) is 2.03. The summed E-state index contributed by atoms with van der Waals surface area (Å²) in [4.78, 5) is 9.31. The molecule has 0 fully saturated rings. The lowest BCUT2D eigenvalue weighted by Crippen LogP contribution is -2.06. The lowest BCUT2D eigenvalue weighted by Gasteiger charge is -1.99. The normalized spacial score (nSPS) is 10.3. The van der Waals surface area contributed by atoms with Crippen LogP contribution in [-0.2, 0) is 0 Å². The van der Waals surface area contributed by atoms with Gasteiger partial charge in [-0.25, -0.2) is 0 Å². The minimum Gasteiger partial charge on any atom is -0.368 e. The smallest absolute Gasteiger partial charge is 0.203 e. The van der Waals surface area contributed by atoms with Gasteiger partial charge in [-0.1, -0.05) is 0 Å². The second-order valence-corrected chi connectivity index (χ2v) is 2.03. The summed E-state index contributed by atoms with van der Waals surface area (Å²) in [7, 11) is 0. The van der Waals surface area contributed by atoms with E-state index in [1.54, 1.807) is 0 Å². The predicted molar refractivity (Wildman–Crippen MR) is 33.9 cm³/mol. The highest BCUT2D eigenvalue weighted by Gasteiger charge is 1.99. The molecule has 2 N–H and O–H groups in total. The van der Waals surface area contributed by atoms with Gasteiger partial charge in [0.15, 0.2) is 6.29 Å². The minimum atomic E-state index is -1.33. The van der Waals surface area contributed by atoms with Crippen molar-refractivity contribution < 1.29 is 15.1 Å². The average molecular weight is 149 g/mol. The third-order valence-corrected chi connectivity index (χ3v) is 1.05. The largest absolute Gasteiger partial charge is 0.368 e. The number of hydrogen-bond donors (Lipinski definition) is 2. The third kappa shape index (κ3) is 7.32. The summed E-state index contributed by atoms with van der Waals surface area (Å²) in [6.07, 6.45) is -0.219. The number of aliphatic hydroxyl groups is 2. The van der Waals surface area contributed by atoms with E-state index in [1.807, 2.05) is 0 Å². The van der Waals surface area contributed by atoms with Gasteiger partial charge in [-0.05, 0) is 12.8 Å². The Hall–Kier alpha value is -0.680. The number of unbranched alkanes of at least 4 members (excludes halogenated alkanes) is 1. The van der Waals surface area contributed by atoms with Gasteiger partial charge in [-0.2, -0.15) is 0 Å². The van der Waals surface area contributed by atoms with Gasteiger partial charge in [-0.3, -0.25) is 10.1 Å². The van der Waals surface area contributed by atoms with Crippen molar-refractivity contribution in [1.82, 2.24) is 0 Å². The maximum atomic E-state index is 9.72. The highest BCUT2D eigenvalue weighted by atomic mass is 16.6. The SMILES string of the molecule is O=[N+]([O-])CCCCC(O)O. The van der Waals surface area contributed by atoms with E-state index in [2.05, 4.69) is 0 Å². The van der Waals surface area contributed by atoms with Crippen LogP contribution >= 0.6 is 0 Å². The van der Waals surface area contributed by atoms with E-state index in [0.29, 0.717) is 12.8 Å². The summed E-state index contributed by atoms with van der Waals surface area (Å²) in [5.74, 6) is 0. The Kier molecular flexibility index (Phi) is 4.78. The van der Waals surface area contributed by atoms with Crippen molar-refractivity contribution >= 4 is 0 Å². The molecule has 0 aliphatic heterocycles. The topological polar surface area (TPSA) is 83.6 Å². The first-order valence-corrected chi connectivity index (χ1v) is 3.11. The lowest BCUT2D eigenvalue weighted by molar-refractivity contribution is -0.480. The van der Waals surface area contributed by atoms with E-state index in [-0.39, 0.29) is 13.0 Å². The quantitative estimate of drug-likeness (QED) is 0.244. The maximum absolute atomic E-state index is 9.72. The molecule has 5 nitrogen and oxygen atoms in total. The zero-order valence-corrected chi connectivity index (χ0v) is 5.56. The Bertz CT molecular complexity index is 104. The number of nitrogens with zero attached hydrogens (tertiary/aromatic N) is 1. The molecule has 0 aromatic heterocycles. The molecule has 5 heteroatoms. The predicted octanol–water partition coefficient (Wildman–Crippen LogP) is -0.256. The Labute approximate surface area is 58.4 Å². The Balaban J connectivity index is 2.98. The molecule has 0 spiro atoms. The highest BCUT2D eigenvalue weighted by Crippen LogP contribution is 1.97. The highest BCUT2D eigenvalue weighted by molar-refractivity contribution is 4.41. The molecule has 0 rings (SSSR count). The van der Waals surface area contributed by atoms with Gasteiger partial charge in [0.1, 0.15) is 0 Å². The Morgan fingerprint density at radius 1 is 1.40 bits per heavy atom. The van der Waals surface area contributed by atoms with Crippen molar-refractivity contribution in [3.63, 3.8) is 0 Å². The van der Waals surface area contributed by atoms with Gasteiger partial charge < -0.3 is 10.2 Å². The standard InChI is InChI=1S/C5H11NO4/c7-5(8)3-1-2-4-6(9)10/h5,7-8H,1-4H2. The van der Waals surface area contributed by atoms with Crippen molar-refractivity contribution in [2.24, 2.45) is 0 Å². The van der Waals surface area contributed by atoms with Crippen molar-refractivity contribution in [2.75, 3.05) is 6.54 Å². The molecule has 0 unspecified atom stereocenters. The van der Waals surface area contributed by atoms with Gasteiger partial charge in [0, 0.05) is 11.3 Å². The first kappa shape index (κ1) is 9.32. The zero-order chi connectivity index (χ0) is 7.98. The molecule has 0 bridgehead atoms. The van der Waals surface area contributed by atoms with Gasteiger partial charge in [0.2, 0.25) is 6.54 Å². The lowest BCUT2D eigenvalue weighted by atomic mass is 10.2. The van der Waals surface area contributed by atoms with Crippen LogP contribution in [-0.4, -0.2) is 28.0 Å². The van der Waals surface area contributed by atoms with E-state index in [4.69, 9.17) is 10.2 Å². The van der Waals surface area contributed by atoms with E-state index in [0.717, 1.165) is 0 Å². The molecule has 0 amide bonds. The number of rotatable bonds is 5. The molecular weight excluding hydrogens is 138 g/mol. The van der Waals surface area contributed by atoms with Crippen LogP contribution in [0.1, 0.15) is 19.3 Å². The molecule has 0 saturated carbocycles. The van der Waals surface area contributed by atoms with E-state index >= 15 is 0 Å².